The molecule has 1 aromatic carbocycles. The van der Waals surface area contributed by atoms with E-state index in [0.717, 1.165) is 37.8 Å². The molecule has 0 unspecified atom stereocenters. The lowest BCUT2D eigenvalue weighted by Gasteiger charge is -2.18. The fourth-order valence-corrected chi connectivity index (χ4v) is 2.11. The van der Waals surface area contributed by atoms with Crippen LogP contribution in [0.15, 0.2) is 18.2 Å². The van der Waals surface area contributed by atoms with E-state index in [2.05, 4.69) is 10.6 Å². The van der Waals surface area contributed by atoms with E-state index >= 15 is 0 Å². The second-order valence-corrected chi connectivity index (χ2v) is 4.65. The molecule has 3 rings (SSSR count). The Morgan fingerprint density at radius 1 is 1.38 bits per heavy atom. The van der Waals surface area contributed by atoms with Crippen LogP contribution in [0, 0.1) is 0 Å². The van der Waals surface area contributed by atoms with Crippen LogP contribution in [0.3, 0.4) is 0 Å². The Hall–Kier alpha value is -1.51. The monoisotopic (exact) mass is 216 g/mol. The smallest absolute Gasteiger partial charge is 0.251 e. The lowest BCUT2D eigenvalue weighted by atomic mass is 10.0. The van der Waals surface area contributed by atoms with Crippen molar-refractivity contribution in [2.24, 2.45) is 0 Å². The fraction of sp³-hybridized carbons (Fsp3) is 0.462. The standard InChI is InChI=1S/C13H16N2O/c16-13(15-11-4-5-11)10-3-6-12-9(8-10)2-1-7-14-12/h3,6,8,11,14H,1-2,4-5,7H2,(H,15,16). The number of nitrogens with one attached hydrogen (secondary N) is 2. The van der Waals surface area contributed by atoms with Crippen molar-refractivity contribution in [2.45, 2.75) is 31.7 Å². The molecular formula is C13H16N2O. The molecule has 1 aliphatic carbocycles. The van der Waals surface area contributed by atoms with Crippen LogP contribution in [0.2, 0.25) is 0 Å². The first-order chi connectivity index (χ1) is 7.83. The van der Waals surface area contributed by atoms with E-state index in [1.165, 1.54) is 11.3 Å². The first-order valence-electron chi connectivity index (χ1n) is 6.00. The number of amides is 1. The van der Waals surface area contributed by atoms with Gasteiger partial charge in [-0.05, 0) is 49.4 Å². The van der Waals surface area contributed by atoms with Gasteiger partial charge in [-0.15, -0.1) is 0 Å². The van der Waals surface area contributed by atoms with Gasteiger partial charge in [0.1, 0.15) is 0 Å². The van der Waals surface area contributed by atoms with E-state index in [1.54, 1.807) is 0 Å². The molecule has 84 valence electrons. The van der Waals surface area contributed by atoms with Gasteiger partial charge in [0.25, 0.3) is 5.91 Å². The van der Waals surface area contributed by atoms with Crippen LogP contribution >= 0.6 is 0 Å². The normalized spacial score (nSPS) is 18.5. The number of carbonyl (C=O) groups is 1. The van der Waals surface area contributed by atoms with E-state index < -0.39 is 0 Å². The third kappa shape index (κ3) is 1.90. The van der Waals surface area contributed by atoms with E-state index in [-0.39, 0.29) is 5.91 Å². The van der Waals surface area contributed by atoms with E-state index in [0.29, 0.717) is 6.04 Å². The van der Waals surface area contributed by atoms with E-state index in [9.17, 15) is 4.79 Å². The predicted molar refractivity (Wildman–Crippen MR) is 63.7 cm³/mol. The van der Waals surface area contributed by atoms with Crippen molar-refractivity contribution in [1.29, 1.82) is 0 Å². The summed E-state index contributed by atoms with van der Waals surface area (Å²) in [6.45, 7) is 1.04. The summed E-state index contributed by atoms with van der Waals surface area (Å²) in [7, 11) is 0. The molecule has 1 amide bonds. The number of rotatable bonds is 2. The highest BCUT2D eigenvalue weighted by Crippen LogP contribution is 2.24. The second kappa shape index (κ2) is 3.81. The summed E-state index contributed by atoms with van der Waals surface area (Å²) in [5, 5.41) is 6.37. The molecule has 1 heterocycles. The maximum atomic E-state index is 11.8. The minimum absolute atomic E-state index is 0.0795. The molecule has 1 aliphatic heterocycles. The molecule has 3 heteroatoms. The van der Waals surface area contributed by atoms with Gasteiger partial charge < -0.3 is 10.6 Å². The molecule has 16 heavy (non-hydrogen) atoms. The third-order valence-corrected chi connectivity index (χ3v) is 3.22. The van der Waals surface area contributed by atoms with Crippen molar-refractivity contribution >= 4 is 11.6 Å². The maximum Gasteiger partial charge on any atom is 0.251 e. The van der Waals surface area contributed by atoms with Crippen molar-refractivity contribution in [1.82, 2.24) is 5.32 Å². The zero-order valence-electron chi connectivity index (χ0n) is 9.25. The number of aryl methyl sites for hydroxylation is 1. The number of hydrogen-bond donors (Lipinski definition) is 2. The van der Waals surface area contributed by atoms with Crippen LogP contribution < -0.4 is 10.6 Å². The van der Waals surface area contributed by atoms with Crippen molar-refractivity contribution in [3.05, 3.63) is 29.3 Å². The van der Waals surface area contributed by atoms with Crippen LogP contribution in [-0.2, 0) is 6.42 Å². The molecular weight excluding hydrogens is 200 g/mol. The van der Waals surface area contributed by atoms with Gasteiger partial charge >= 0.3 is 0 Å². The summed E-state index contributed by atoms with van der Waals surface area (Å²) in [6.07, 6.45) is 4.50. The van der Waals surface area contributed by atoms with Gasteiger partial charge in [0.2, 0.25) is 0 Å². The molecule has 0 radical (unpaired) electrons. The van der Waals surface area contributed by atoms with Crippen LogP contribution in [-0.4, -0.2) is 18.5 Å². The molecule has 1 saturated carbocycles. The van der Waals surface area contributed by atoms with Crippen molar-refractivity contribution in [3.63, 3.8) is 0 Å². The van der Waals surface area contributed by atoms with Gasteiger partial charge in [-0.25, -0.2) is 0 Å². The maximum absolute atomic E-state index is 11.8. The average molecular weight is 216 g/mol. The molecule has 0 saturated heterocycles. The summed E-state index contributed by atoms with van der Waals surface area (Å²) in [4.78, 5) is 11.8. The molecule has 2 aliphatic rings. The number of fused-ring (bicyclic) bond motifs is 1. The van der Waals surface area contributed by atoms with Gasteiger partial charge in [0.05, 0.1) is 0 Å². The summed E-state index contributed by atoms with van der Waals surface area (Å²) in [5.74, 6) is 0.0795. The molecule has 1 fully saturated rings. The molecule has 2 N–H and O–H groups in total. The van der Waals surface area contributed by atoms with Crippen molar-refractivity contribution in [3.8, 4) is 0 Å². The zero-order valence-corrected chi connectivity index (χ0v) is 9.25. The lowest BCUT2D eigenvalue weighted by Crippen LogP contribution is -2.25. The van der Waals surface area contributed by atoms with Crippen LogP contribution in [0.1, 0.15) is 35.2 Å². The molecule has 0 atom stereocenters. The molecule has 3 nitrogen and oxygen atoms in total. The molecule has 0 bridgehead atoms. The third-order valence-electron chi connectivity index (χ3n) is 3.22. The Morgan fingerprint density at radius 3 is 3.06 bits per heavy atom. The Bertz CT molecular complexity index is 424. The predicted octanol–water partition coefficient (Wildman–Crippen LogP) is 1.94. The van der Waals surface area contributed by atoms with Crippen LogP contribution in [0.4, 0.5) is 5.69 Å². The SMILES string of the molecule is O=C(NC1CC1)c1ccc2c(c1)CCCN2. The largest absolute Gasteiger partial charge is 0.385 e. The van der Waals surface area contributed by atoms with Crippen LogP contribution in [0.25, 0.3) is 0 Å². The summed E-state index contributed by atoms with van der Waals surface area (Å²) in [5.41, 5.74) is 3.26. The zero-order chi connectivity index (χ0) is 11.0. The Labute approximate surface area is 95.2 Å². The van der Waals surface area contributed by atoms with E-state index in [4.69, 9.17) is 0 Å². The number of anilines is 1. The Kier molecular flexibility index (Phi) is 2.31. The first-order valence-corrected chi connectivity index (χ1v) is 6.00. The highest BCUT2D eigenvalue weighted by atomic mass is 16.1. The minimum atomic E-state index is 0.0795. The van der Waals surface area contributed by atoms with Gasteiger partial charge in [0.15, 0.2) is 0 Å². The number of benzene rings is 1. The van der Waals surface area contributed by atoms with E-state index in [1.807, 2.05) is 18.2 Å². The van der Waals surface area contributed by atoms with Crippen molar-refractivity contribution < 1.29 is 4.79 Å². The molecule has 0 aromatic heterocycles. The summed E-state index contributed by atoms with van der Waals surface area (Å²) in [6, 6.07) is 6.39. The fourth-order valence-electron chi connectivity index (χ4n) is 2.11. The topological polar surface area (TPSA) is 41.1 Å². The first kappa shape index (κ1) is 9.70. The highest BCUT2D eigenvalue weighted by Gasteiger charge is 2.24. The summed E-state index contributed by atoms with van der Waals surface area (Å²) >= 11 is 0. The number of hydrogen-bond acceptors (Lipinski definition) is 2. The number of carbonyl (C=O) groups excluding carboxylic acids is 1. The highest BCUT2D eigenvalue weighted by molar-refractivity contribution is 5.95. The summed E-state index contributed by atoms with van der Waals surface area (Å²) < 4.78 is 0. The van der Waals surface area contributed by atoms with Gasteiger partial charge in [-0.3, -0.25) is 4.79 Å². The Morgan fingerprint density at radius 2 is 2.25 bits per heavy atom. The van der Waals surface area contributed by atoms with Crippen LogP contribution in [0.5, 0.6) is 0 Å². The average Bonchev–Trinajstić information content (AvgIpc) is 3.12. The second-order valence-electron chi connectivity index (χ2n) is 4.65. The van der Waals surface area contributed by atoms with Gasteiger partial charge in [0, 0.05) is 23.8 Å². The molecule has 0 spiro atoms. The quantitative estimate of drug-likeness (QED) is 0.793. The molecule has 1 aromatic rings. The van der Waals surface area contributed by atoms with Gasteiger partial charge in [-0.2, -0.15) is 0 Å². The Balaban J connectivity index is 1.81. The minimum Gasteiger partial charge on any atom is -0.385 e. The van der Waals surface area contributed by atoms with Crippen molar-refractivity contribution in [2.75, 3.05) is 11.9 Å². The van der Waals surface area contributed by atoms with Gasteiger partial charge in [-0.1, -0.05) is 0 Å². The lowest BCUT2D eigenvalue weighted by molar-refractivity contribution is 0.0951.